The van der Waals surface area contributed by atoms with Crippen LogP contribution in [0, 0.1) is 18.8 Å². The number of halogens is 1. The molecule has 0 atom stereocenters. The third-order valence-corrected chi connectivity index (χ3v) is 7.23. The summed E-state index contributed by atoms with van der Waals surface area (Å²) in [6, 6.07) is 15.5. The Bertz CT molecular complexity index is 1510. The van der Waals surface area contributed by atoms with Gasteiger partial charge in [0.2, 0.25) is 0 Å². The normalized spacial score (nSPS) is 14.4. The van der Waals surface area contributed by atoms with Crippen molar-refractivity contribution in [2.75, 3.05) is 33.2 Å². The molecule has 0 amide bonds. The van der Waals surface area contributed by atoms with Crippen molar-refractivity contribution in [1.29, 1.82) is 0 Å². The molecular weight excluding hydrogens is 480 g/mol. The number of aromatic nitrogens is 2. The number of carbonyl (C=O) groups excluding carboxylic acids is 1. The second-order valence-electron chi connectivity index (χ2n) is 9.65. The van der Waals surface area contributed by atoms with E-state index < -0.39 is 0 Å². The van der Waals surface area contributed by atoms with Gasteiger partial charge in [-0.2, -0.15) is 0 Å². The molecule has 5 rings (SSSR count). The zero-order valence-electron chi connectivity index (χ0n) is 21.2. The minimum Gasteiger partial charge on any atom is -0.304 e. The van der Waals surface area contributed by atoms with Crippen molar-refractivity contribution in [3.05, 3.63) is 106 Å². The summed E-state index contributed by atoms with van der Waals surface area (Å²) < 4.78 is 0. The molecule has 0 spiro atoms. The van der Waals surface area contributed by atoms with Crippen LogP contribution in [0.15, 0.2) is 67.1 Å². The molecular formula is C31H29ClN4O. The summed E-state index contributed by atoms with van der Waals surface area (Å²) in [5.74, 6) is 6.47. The summed E-state index contributed by atoms with van der Waals surface area (Å²) in [5.41, 5.74) is 6.08. The molecule has 0 N–H and O–H groups in total. The maximum atomic E-state index is 13.1. The van der Waals surface area contributed by atoms with Crippen LogP contribution in [0.3, 0.4) is 0 Å². The number of rotatable bonds is 5. The molecule has 1 aliphatic heterocycles. The van der Waals surface area contributed by atoms with Gasteiger partial charge in [-0.3, -0.25) is 19.7 Å². The first-order chi connectivity index (χ1) is 18.0. The van der Waals surface area contributed by atoms with Gasteiger partial charge in [0.05, 0.1) is 11.1 Å². The topological polar surface area (TPSA) is 49.3 Å². The second kappa shape index (κ2) is 11.2. The van der Waals surface area contributed by atoms with Crippen LogP contribution in [0.1, 0.15) is 38.2 Å². The number of likely N-dealkylation sites (N-methyl/N-ethyl adjacent to an activating group) is 1. The molecule has 5 nitrogen and oxygen atoms in total. The van der Waals surface area contributed by atoms with E-state index in [9.17, 15) is 4.79 Å². The van der Waals surface area contributed by atoms with Gasteiger partial charge in [-0.1, -0.05) is 47.7 Å². The molecule has 0 saturated carbocycles. The first-order valence-corrected chi connectivity index (χ1v) is 12.9. The fraction of sp³-hybridized carbons (Fsp3) is 0.258. The molecule has 0 bridgehead atoms. The van der Waals surface area contributed by atoms with Gasteiger partial charge in [-0.25, -0.2) is 0 Å². The van der Waals surface area contributed by atoms with E-state index in [0.717, 1.165) is 76.5 Å². The summed E-state index contributed by atoms with van der Waals surface area (Å²) in [7, 11) is 2.15. The predicted octanol–water partition coefficient (Wildman–Crippen LogP) is 5.16. The number of Topliss-reactive ketones (excluding diaryl/α,β-unsaturated/α-hetero) is 1. The Labute approximate surface area is 223 Å². The van der Waals surface area contributed by atoms with Gasteiger partial charge in [-0.05, 0) is 54.9 Å². The summed E-state index contributed by atoms with van der Waals surface area (Å²) in [6.07, 6.45) is 5.55. The van der Waals surface area contributed by atoms with Crippen molar-refractivity contribution in [3.63, 3.8) is 0 Å². The number of piperazine rings is 1. The maximum absolute atomic E-state index is 13.1. The van der Waals surface area contributed by atoms with E-state index >= 15 is 0 Å². The third-order valence-electron chi connectivity index (χ3n) is 6.87. The maximum Gasteiger partial charge on any atom is 0.167 e. The molecule has 0 radical (unpaired) electrons. The molecule has 2 aromatic carbocycles. The fourth-order valence-electron chi connectivity index (χ4n) is 4.52. The number of hydrogen-bond acceptors (Lipinski definition) is 5. The SMILES string of the molecule is Cc1ccc(C(=O)Cc2ccc(CN3CCN(C)CC3)c(Cl)c2)cc1C#Cc1cncc2cccnc12. The molecule has 3 heterocycles. The van der Waals surface area contributed by atoms with Gasteiger partial charge >= 0.3 is 0 Å². The summed E-state index contributed by atoms with van der Waals surface area (Å²) in [6.45, 7) is 7.06. The summed E-state index contributed by atoms with van der Waals surface area (Å²) >= 11 is 6.62. The van der Waals surface area contributed by atoms with E-state index in [2.05, 4.69) is 44.7 Å². The van der Waals surface area contributed by atoms with Gasteiger partial charge in [0.25, 0.3) is 0 Å². The van der Waals surface area contributed by atoms with Crippen molar-refractivity contribution >= 4 is 28.3 Å². The van der Waals surface area contributed by atoms with E-state index in [1.54, 1.807) is 18.6 Å². The highest BCUT2D eigenvalue weighted by Crippen LogP contribution is 2.22. The van der Waals surface area contributed by atoms with Gasteiger partial charge in [0, 0.05) is 79.3 Å². The molecule has 0 aliphatic carbocycles. The Morgan fingerprint density at radius 1 is 1.00 bits per heavy atom. The van der Waals surface area contributed by atoms with E-state index in [1.165, 1.54) is 0 Å². The number of fused-ring (bicyclic) bond motifs is 1. The van der Waals surface area contributed by atoms with Crippen LogP contribution in [0.25, 0.3) is 10.9 Å². The van der Waals surface area contributed by atoms with E-state index in [-0.39, 0.29) is 5.78 Å². The predicted molar refractivity (Wildman–Crippen MR) is 149 cm³/mol. The molecule has 1 saturated heterocycles. The first-order valence-electron chi connectivity index (χ1n) is 12.5. The average molecular weight is 509 g/mol. The monoisotopic (exact) mass is 508 g/mol. The van der Waals surface area contributed by atoms with Crippen LogP contribution >= 0.6 is 11.6 Å². The van der Waals surface area contributed by atoms with E-state index in [1.807, 2.05) is 49.4 Å². The lowest BCUT2D eigenvalue weighted by molar-refractivity contribution is 0.0993. The Balaban J connectivity index is 1.30. The zero-order valence-corrected chi connectivity index (χ0v) is 21.9. The highest BCUT2D eigenvalue weighted by atomic mass is 35.5. The van der Waals surface area contributed by atoms with E-state index in [4.69, 9.17) is 11.6 Å². The number of aryl methyl sites for hydroxylation is 1. The molecule has 1 aliphatic rings. The van der Waals surface area contributed by atoms with Crippen molar-refractivity contribution in [2.24, 2.45) is 0 Å². The van der Waals surface area contributed by atoms with Gasteiger partial charge in [0.1, 0.15) is 0 Å². The number of nitrogens with zero attached hydrogens (tertiary/aromatic N) is 4. The average Bonchev–Trinajstić information content (AvgIpc) is 2.91. The first kappa shape index (κ1) is 25.1. The van der Waals surface area contributed by atoms with Crippen LogP contribution in [-0.4, -0.2) is 58.8 Å². The van der Waals surface area contributed by atoms with Gasteiger partial charge in [-0.15, -0.1) is 0 Å². The van der Waals surface area contributed by atoms with Gasteiger partial charge in [0.15, 0.2) is 5.78 Å². The highest BCUT2D eigenvalue weighted by Gasteiger charge is 2.16. The number of hydrogen-bond donors (Lipinski definition) is 0. The minimum absolute atomic E-state index is 0.0411. The smallest absolute Gasteiger partial charge is 0.167 e. The minimum atomic E-state index is 0.0411. The molecule has 4 aromatic rings. The lowest BCUT2D eigenvalue weighted by Gasteiger charge is -2.32. The third kappa shape index (κ3) is 6.06. The Hall–Kier alpha value is -3.56. The quantitative estimate of drug-likeness (QED) is 0.275. The number of pyridine rings is 2. The standard InChI is InChI=1S/C31H29ClN4O/c1-22-5-7-25(18-24(22)9-10-27-20-33-19-26-4-3-11-34-31(26)27)30(37)17-23-6-8-28(29(32)16-23)21-36-14-12-35(2)13-15-36/h3-8,11,16,18-20H,12-15,17,21H2,1-2H3. The number of benzene rings is 2. The largest absolute Gasteiger partial charge is 0.304 e. The second-order valence-corrected chi connectivity index (χ2v) is 10.1. The Morgan fingerprint density at radius 2 is 1.81 bits per heavy atom. The van der Waals surface area contributed by atoms with Crippen LogP contribution < -0.4 is 0 Å². The van der Waals surface area contributed by atoms with Crippen molar-refractivity contribution in [3.8, 4) is 11.8 Å². The van der Waals surface area contributed by atoms with Crippen LogP contribution in [0.4, 0.5) is 0 Å². The molecule has 6 heteroatoms. The van der Waals surface area contributed by atoms with Crippen LogP contribution in [0.5, 0.6) is 0 Å². The Kier molecular flexibility index (Phi) is 7.62. The van der Waals surface area contributed by atoms with Crippen molar-refractivity contribution in [1.82, 2.24) is 19.8 Å². The molecule has 1 fully saturated rings. The number of carbonyl (C=O) groups is 1. The van der Waals surface area contributed by atoms with Crippen LogP contribution in [-0.2, 0) is 13.0 Å². The summed E-state index contributed by atoms with van der Waals surface area (Å²) in [4.78, 5) is 26.6. The van der Waals surface area contributed by atoms with Crippen molar-refractivity contribution in [2.45, 2.75) is 19.9 Å². The highest BCUT2D eigenvalue weighted by molar-refractivity contribution is 6.31. The molecule has 0 unspecified atom stereocenters. The lowest BCUT2D eigenvalue weighted by atomic mass is 9.98. The fourth-order valence-corrected chi connectivity index (χ4v) is 4.78. The summed E-state index contributed by atoms with van der Waals surface area (Å²) in [5, 5.41) is 1.67. The molecule has 37 heavy (non-hydrogen) atoms. The molecule has 2 aromatic heterocycles. The molecule has 186 valence electrons. The van der Waals surface area contributed by atoms with Crippen molar-refractivity contribution < 1.29 is 4.79 Å². The van der Waals surface area contributed by atoms with Gasteiger partial charge < -0.3 is 4.90 Å². The van der Waals surface area contributed by atoms with Crippen LogP contribution in [0.2, 0.25) is 5.02 Å². The van der Waals surface area contributed by atoms with E-state index in [0.29, 0.717) is 12.0 Å². The Morgan fingerprint density at radius 3 is 2.62 bits per heavy atom. The zero-order chi connectivity index (χ0) is 25.8. The number of ketones is 1. The lowest BCUT2D eigenvalue weighted by Crippen LogP contribution is -2.43.